The van der Waals surface area contributed by atoms with Crippen molar-refractivity contribution in [2.75, 3.05) is 12.3 Å². The Bertz CT molecular complexity index is 1190. The third-order valence-electron chi connectivity index (χ3n) is 5.77. The molecular weight excluding hydrogens is 514 g/mol. The Morgan fingerprint density at radius 3 is 2.53 bits per heavy atom. The van der Waals surface area contributed by atoms with Gasteiger partial charge in [0.1, 0.15) is 0 Å². The molecule has 1 unspecified atom stereocenters. The summed E-state index contributed by atoms with van der Waals surface area (Å²) < 4.78 is 66.2. The number of carbonyl (C=O) groups excluding carboxylic acids is 1. The van der Waals surface area contributed by atoms with Crippen molar-refractivity contribution in [1.82, 2.24) is 10.6 Å². The summed E-state index contributed by atoms with van der Waals surface area (Å²) >= 11 is 12.2. The SMILES string of the molecule is CCS(=O)(=O)c1ccc(Cl)cc1CNC(=O)c1cc(Cl)c(CC2NCC[C@H]2N)c(C(F)(F)F)c1. The van der Waals surface area contributed by atoms with Crippen molar-refractivity contribution in [3.63, 3.8) is 0 Å². The number of carbonyl (C=O) groups is 1. The van der Waals surface area contributed by atoms with Gasteiger partial charge in [-0.05, 0) is 60.8 Å². The Hall–Kier alpha value is -1.85. The second kappa shape index (κ2) is 10.4. The molecule has 0 saturated carbocycles. The molecule has 4 N–H and O–H groups in total. The van der Waals surface area contributed by atoms with Crippen LogP contribution in [0.4, 0.5) is 13.2 Å². The lowest BCUT2D eigenvalue weighted by atomic mass is 9.95. The van der Waals surface area contributed by atoms with Gasteiger partial charge in [-0.3, -0.25) is 4.79 Å². The summed E-state index contributed by atoms with van der Waals surface area (Å²) in [5.41, 5.74) is 4.75. The van der Waals surface area contributed by atoms with Gasteiger partial charge in [0, 0.05) is 34.2 Å². The molecule has 1 aliphatic heterocycles. The Labute approximate surface area is 205 Å². The van der Waals surface area contributed by atoms with E-state index in [9.17, 15) is 26.4 Å². The van der Waals surface area contributed by atoms with Gasteiger partial charge in [0.05, 0.1) is 16.2 Å². The van der Waals surface area contributed by atoms with E-state index in [1.165, 1.54) is 31.2 Å². The maximum atomic E-state index is 13.8. The fourth-order valence-electron chi connectivity index (χ4n) is 3.88. The number of nitrogens with two attached hydrogens (primary N) is 1. The number of nitrogens with one attached hydrogen (secondary N) is 2. The van der Waals surface area contributed by atoms with Crippen LogP contribution in [0.1, 0.15) is 40.4 Å². The predicted octanol–water partition coefficient (Wildman–Crippen LogP) is 3.97. The second-order valence-electron chi connectivity index (χ2n) is 8.04. The summed E-state index contributed by atoms with van der Waals surface area (Å²) in [4.78, 5) is 12.7. The summed E-state index contributed by atoms with van der Waals surface area (Å²) in [5, 5.41) is 5.60. The summed E-state index contributed by atoms with van der Waals surface area (Å²) in [7, 11) is -3.61. The summed E-state index contributed by atoms with van der Waals surface area (Å²) in [6, 6.07) is 5.39. The van der Waals surface area contributed by atoms with Gasteiger partial charge in [0.25, 0.3) is 5.91 Å². The molecule has 0 aliphatic carbocycles. The van der Waals surface area contributed by atoms with Crippen molar-refractivity contribution in [1.29, 1.82) is 0 Å². The number of hydrogen-bond acceptors (Lipinski definition) is 5. The number of rotatable bonds is 7. The Morgan fingerprint density at radius 2 is 1.94 bits per heavy atom. The number of alkyl halides is 3. The molecule has 6 nitrogen and oxygen atoms in total. The molecule has 1 heterocycles. The first-order valence-electron chi connectivity index (χ1n) is 10.5. The van der Waals surface area contributed by atoms with E-state index in [2.05, 4.69) is 10.6 Å². The van der Waals surface area contributed by atoms with Crippen LogP contribution >= 0.6 is 23.2 Å². The van der Waals surface area contributed by atoms with Gasteiger partial charge in [-0.15, -0.1) is 0 Å². The largest absolute Gasteiger partial charge is 0.416 e. The van der Waals surface area contributed by atoms with Crippen molar-refractivity contribution >= 4 is 38.9 Å². The summed E-state index contributed by atoms with van der Waals surface area (Å²) in [6.07, 6.45) is -4.13. The zero-order chi connectivity index (χ0) is 25.3. The minimum atomic E-state index is -4.74. The average molecular weight is 538 g/mol. The number of halogens is 5. The minimum Gasteiger partial charge on any atom is -0.348 e. The van der Waals surface area contributed by atoms with Gasteiger partial charge in [-0.25, -0.2) is 8.42 Å². The van der Waals surface area contributed by atoms with E-state index in [1.807, 2.05) is 0 Å². The number of sulfone groups is 1. The molecule has 0 aromatic heterocycles. The molecule has 0 radical (unpaired) electrons. The first-order chi connectivity index (χ1) is 15.8. The van der Waals surface area contributed by atoms with Crippen LogP contribution in [0.25, 0.3) is 0 Å². The Balaban J connectivity index is 1.89. The molecule has 1 fully saturated rings. The van der Waals surface area contributed by atoms with Crippen LogP contribution in [0.15, 0.2) is 35.2 Å². The Kier molecular flexibility index (Phi) is 8.19. The van der Waals surface area contributed by atoms with Crippen LogP contribution in [0.2, 0.25) is 10.0 Å². The standard InChI is InChI=1S/C22H24Cl2F3N3O3S/c1-2-34(32,33)20-4-3-14(23)7-13(20)11-30-21(31)12-8-16(22(25,26)27)15(17(24)9-12)10-19-18(28)5-6-29-19/h3-4,7-9,18-19,29H,2,5-6,10-11,28H2,1H3,(H,30,31)/t18-,19?/m1/s1. The number of hydrogen-bond donors (Lipinski definition) is 3. The third kappa shape index (κ3) is 6.04. The van der Waals surface area contributed by atoms with Crippen LogP contribution in [0.5, 0.6) is 0 Å². The van der Waals surface area contributed by atoms with E-state index in [0.717, 1.165) is 6.07 Å². The minimum absolute atomic E-state index is 0.00976. The maximum absolute atomic E-state index is 13.8. The quantitative estimate of drug-likeness (QED) is 0.496. The van der Waals surface area contributed by atoms with Crippen LogP contribution in [0, 0.1) is 0 Å². The Morgan fingerprint density at radius 1 is 1.24 bits per heavy atom. The average Bonchev–Trinajstić information content (AvgIpc) is 3.16. The molecule has 0 bridgehead atoms. The predicted molar refractivity (Wildman–Crippen MR) is 125 cm³/mol. The highest BCUT2D eigenvalue weighted by atomic mass is 35.5. The van der Waals surface area contributed by atoms with Crippen molar-refractivity contribution in [3.8, 4) is 0 Å². The lowest BCUT2D eigenvalue weighted by Crippen LogP contribution is -2.38. The molecule has 1 saturated heterocycles. The molecule has 2 aromatic rings. The fourth-order valence-corrected chi connectivity index (χ4v) is 5.49. The highest BCUT2D eigenvalue weighted by molar-refractivity contribution is 7.91. The number of benzene rings is 2. The molecule has 2 atom stereocenters. The number of amides is 1. The molecule has 12 heteroatoms. The van der Waals surface area contributed by atoms with Crippen LogP contribution in [0.3, 0.4) is 0 Å². The van der Waals surface area contributed by atoms with Gasteiger partial charge in [0.2, 0.25) is 0 Å². The van der Waals surface area contributed by atoms with Gasteiger partial charge < -0.3 is 16.4 Å². The molecular formula is C22H24Cl2F3N3O3S. The van der Waals surface area contributed by atoms with E-state index < -0.39 is 27.5 Å². The molecule has 1 amide bonds. The van der Waals surface area contributed by atoms with Crippen molar-refractivity contribution < 1.29 is 26.4 Å². The van der Waals surface area contributed by atoms with E-state index in [4.69, 9.17) is 28.9 Å². The highest BCUT2D eigenvalue weighted by Gasteiger charge is 2.37. The molecule has 0 spiro atoms. The molecule has 34 heavy (non-hydrogen) atoms. The van der Waals surface area contributed by atoms with Crippen molar-refractivity contribution in [2.45, 2.75) is 49.5 Å². The monoisotopic (exact) mass is 537 g/mol. The van der Waals surface area contributed by atoms with Gasteiger partial charge in [-0.2, -0.15) is 13.2 Å². The first-order valence-corrected chi connectivity index (χ1v) is 12.9. The first kappa shape index (κ1) is 26.7. The van der Waals surface area contributed by atoms with E-state index in [0.29, 0.717) is 13.0 Å². The van der Waals surface area contributed by atoms with Crippen LogP contribution < -0.4 is 16.4 Å². The fraction of sp³-hybridized carbons (Fsp3) is 0.409. The topological polar surface area (TPSA) is 101 Å². The van der Waals surface area contributed by atoms with E-state index >= 15 is 0 Å². The highest BCUT2D eigenvalue weighted by Crippen LogP contribution is 2.37. The van der Waals surface area contributed by atoms with Crippen molar-refractivity contribution in [2.24, 2.45) is 5.73 Å². The zero-order valence-electron chi connectivity index (χ0n) is 18.2. The van der Waals surface area contributed by atoms with Gasteiger partial charge in [0.15, 0.2) is 9.84 Å². The van der Waals surface area contributed by atoms with Crippen molar-refractivity contribution in [3.05, 3.63) is 62.6 Å². The van der Waals surface area contributed by atoms with Crippen LogP contribution in [-0.2, 0) is 29.0 Å². The summed E-state index contributed by atoms with van der Waals surface area (Å²) in [5.74, 6) is -1.00. The normalized spacial score (nSPS) is 18.8. The van der Waals surface area contributed by atoms with Gasteiger partial charge >= 0.3 is 6.18 Å². The van der Waals surface area contributed by atoms with E-state index in [1.54, 1.807) is 0 Å². The second-order valence-corrected chi connectivity index (χ2v) is 11.1. The smallest absolute Gasteiger partial charge is 0.348 e. The molecule has 186 valence electrons. The lowest BCUT2D eigenvalue weighted by Gasteiger charge is -2.21. The van der Waals surface area contributed by atoms with Crippen LogP contribution in [-0.4, -0.2) is 38.7 Å². The molecule has 1 aliphatic rings. The molecule has 2 aromatic carbocycles. The maximum Gasteiger partial charge on any atom is 0.416 e. The molecule has 3 rings (SSSR count). The lowest BCUT2D eigenvalue weighted by molar-refractivity contribution is -0.138. The third-order valence-corrected chi connectivity index (χ3v) is 8.17. The summed E-state index contributed by atoms with van der Waals surface area (Å²) in [6.45, 7) is 1.82. The van der Waals surface area contributed by atoms with E-state index in [-0.39, 0.29) is 62.4 Å². The zero-order valence-corrected chi connectivity index (χ0v) is 20.5. The van der Waals surface area contributed by atoms with Gasteiger partial charge in [-0.1, -0.05) is 30.1 Å².